The standard InChI is InChI=1S/C62H40N2/c1-3-16-41(17-4-1)43-18-15-19-46(38-43)62-53-26-9-7-24-51(53)61(52-25-8-10-27-54(52)62)42-30-34-48(35-31-42)64-58-29-14-12-23-50(58)56-40-45(33-37-60(56)64)44-32-36-59-55(39-44)49-22-11-13-28-57(49)63(59)47-20-5-2-6-21-47/h1-40H. The van der Waals surface area contributed by atoms with E-state index in [1.165, 1.54) is 115 Å². The minimum Gasteiger partial charge on any atom is -0.309 e. The molecule has 13 rings (SSSR count). The fourth-order valence-corrected chi connectivity index (χ4v) is 10.5. The predicted octanol–water partition coefficient (Wildman–Crippen LogP) is 16.9. The molecule has 0 saturated heterocycles. The van der Waals surface area contributed by atoms with E-state index in [2.05, 4.69) is 252 Å². The molecule has 0 amide bonds. The van der Waals surface area contributed by atoms with Crippen molar-refractivity contribution in [2.24, 2.45) is 0 Å². The lowest BCUT2D eigenvalue weighted by atomic mass is 9.85. The molecule has 13 aromatic rings. The summed E-state index contributed by atoms with van der Waals surface area (Å²) in [5.74, 6) is 0. The van der Waals surface area contributed by atoms with Gasteiger partial charge in [-0.1, -0.05) is 176 Å². The third-order valence-electron chi connectivity index (χ3n) is 13.3. The minimum absolute atomic E-state index is 1.14. The minimum atomic E-state index is 1.14. The highest BCUT2D eigenvalue weighted by Crippen LogP contribution is 2.45. The van der Waals surface area contributed by atoms with Gasteiger partial charge in [0.25, 0.3) is 0 Å². The van der Waals surface area contributed by atoms with Crippen LogP contribution in [0.2, 0.25) is 0 Å². The summed E-state index contributed by atoms with van der Waals surface area (Å²) in [5.41, 5.74) is 16.9. The van der Waals surface area contributed by atoms with Crippen LogP contribution in [0.3, 0.4) is 0 Å². The summed E-state index contributed by atoms with van der Waals surface area (Å²) in [4.78, 5) is 0. The molecule has 2 aromatic heterocycles. The summed E-state index contributed by atoms with van der Waals surface area (Å²) in [7, 11) is 0. The maximum Gasteiger partial charge on any atom is 0.0541 e. The Hall–Kier alpha value is -8.46. The van der Waals surface area contributed by atoms with Crippen molar-refractivity contribution in [3.05, 3.63) is 243 Å². The molecule has 0 fully saturated rings. The Labute approximate surface area is 371 Å². The average molecular weight is 813 g/mol. The molecule has 0 aliphatic rings. The van der Waals surface area contributed by atoms with Crippen molar-refractivity contribution < 1.29 is 0 Å². The van der Waals surface area contributed by atoms with E-state index in [0.717, 1.165) is 5.69 Å². The monoisotopic (exact) mass is 812 g/mol. The van der Waals surface area contributed by atoms with Gasteiger partial charge in [-0.2, -0.15) is 0 Å². The smallest absolute Gasteiger partial charge is 0.0541 e. The van der Waals surface area contributed by atoms with E-state index >= 15 is 0 Å². The molecule has 11 aromatic carbocycles. The Morgan fingerprint density at radius 3 is 1.08 bits per heavy atom. The maximum atomic E-state index is 2.42. The van der Waals surface area contributed by atoms with Crippen molar-refractivity contribution in [1.29, 1.82) is 0 Å². The molecule has 0 aliphatic carbocycles. The van der Waals surface area contributed by atoms with E-state index < -0.39 is 0 Å². The Morgan fingerprint density at radius 1 is 0.188 bits per heavy atom. The normalized spacial score (nSPS) is 11.8. The highest BCUT2D eigenvalue weighted by molar-refractivity contribution is 6.21. The van der Waals surface area contributed by atoms with Crippen LogP contribution in [0.5, 0.6) is 0 Å². The molecule has 0 saturated carbocycles. The molecule has 0 atom stereocenters. The van der Waals surface area contributed by atoms with Crippen LogP contribution in [0.15, 0.2) is 243 Å². The van der Waals surface area contributed by atoms with Crippen LogP contribution < -0.4 is 0 Å². The Kier molecular flexibility index (Phi) is 8.25. The Balaban J connectivity index is 0.927. The molecule has 0 N–H and O–H groups in total. The second-order valence-electron chi connectivity index (χ2n) is 16.8. The van der Waals surface area contributed by atoms with E-state index in [4.69, 9.17) is 0 Å². The SMILES string of the molecule is c1ccc(-c2cccc(-c3c4ccccc4c(-c4ccc(-n5c6ccccc6c6cc(-c7ccc8c(c7)c7ccccc7n8-c7ccccc7)ccc65)cc4)c4ccccc34)c2)cc1. The number of fused-ring (bicyclic) bond motifs is 8. The predicted molar refractivity (Wildman–Crippen MR) is 272 cm³/mol. The van der Waals surface area contributed by atoms with Crippen LogP contribution in [0.25, 0.3) is 121 Å². The zero-order valence-corrected chi connectivity index (χ0v) is 35.0. The number of para-hydroxylation sites is 3. The van der Waals surface area contributed by atoms with Crippen LogP contribution in [0.1, 0.15) is 0 Å². The van der Waals surface area contributed by atoms with Crippen molar-refractivity contribution in [1.82, 2.24) is 9.13 Å². The van der Waals surface area contributed by atoms with Gasteiger partial charge in [-0.25, -0.2) is 0 Å². The van der Waals surface area contributed by atoms with Crippen LogP contribution >= 0.6 is 0 Å². The van der Waals surface area contributed by atoms with Crippen LogP contribution in [0.4, 0.5) is 0 Å². The number of hydrogen-bond donors (Lipinski definition) is 0. The molecule has 0 spiro atoms. The largest absolute Gasteiger partial charge is 0.309 e. The summed E-state index contributed by atoms with van der Waals surface area (Å²) < 4.78 is 4.80. The zero-order chi connectivity index (χ0) is 42.1. The van der Waals surface area contributed by atoms with Gasteiger partial charge in [0, 0.05) is 32.9 Å². The van der Waals surface area contributed by atoms with E-state index in [-0.39, 0.29) is 0 Å². The first-order valence-corrected chi connectivity index (χ1v) is 22.1. The molecular formula is C62H40N2. The lowest BCUT2D eigenvalue weighted by Gasteiger charge is -2.18. The van der Waals surface area contributed by atoms with Gasteiger partial charge in [-0.15, -0.1) is 0 Å². The molecule has 2 heteroatoms. The molecule has 2 heterocycles. The molecular weight excluding hydrogens is 773 g/mol. The number of benzene rings is 11. The van der Waals surface area contributed by atoms with Crippen LogP contribution in [-0.2, 0) is 0 Å². The van der Waals surface area contributed by atoms with Gasteiger partial charge in [-0.05, 0) is 133 Å². The van der Waals surface area contributed by atoms with Crippen molar-refractivity contribution in [2.45, 2.75) is 0 Å². The summed E-state index contributed by atoms with van der Waals surface area (Å²) in [6.45, 7) is 0. The highest BCUT2D eigenvalue weighted by atomic mass is 15.0. The zero-order valence-electron chi connectivity index (χ0n) is 35.0. The molecule has 0 radical (unpaired) electrons. The maximum absolute atomic E-state index is 2.42. The van der Waals surface area contributed by atoms with E-state index in [1.54, 1.807) is 0 Å². The second kappa shape index (κ2) is 14.6. The van der Waals surface area contributed by atoms with Gasteiger partial charge in [0.1, 0.15) is 0 Å². The average Bonchev–Trinajstić information content (AvgIpc) is 3.88. The molecule has 298 valence electrons. The van der Waals surface area contributed by atoms with Crippen LogP contribution in [0, 0.1) is 0 Å². The van der Waals surface area contributed by atoms with Crippen molar-refractivity contribution in [2.75, 3.05) is 0 Å². The van der Waals surface area contributed by atoms with Gasteiger partial charge >= 0.3 is 0 Å². The lowest BCUT2D eigenvalue weighted by molar-refractivity contribution is 1.18. The fourth-order valence-electron chi connectivity index (χ4n) is 10.5. The van der Waals surface area contributed by atoms with E-state index in [1.807, 2.05) is 0 Å². The van der Waals surface area contributed by atoms with Gasteiger partial charge < -0.3 is 9.13 Å². The Bertz CT molecular complexity index is 3870. The number of rotatable bonds is 6. The van der Waals surface area contributed by atoms with Crippen molar-refractivity contribution >= 4 is 65.2 Å². The van der Waals surface area contributed by atoms with Crippen molar-refractivity contribution in [3.8, 4) is 55.9 Å². The summed E-state index contributed by atoms with van der Waals surface area (Å²) in [6.07, 6.45) is 0. The van der Waals surface area contributed by atoms with E-state index in [9.17, 15) is 0 Å². The molecule has 0 aliphatic heterocycles. The molecule has 0 bridgehead atoms. The first-order chi connectivity index (χ1) is 31.8. The van der Waals surface area contributed by atoms with Gasteiger partial charge in [-0.3, -0.25) is 0 Å². The Morgan fingerprint density at radius 2 is 0.547 bits per heavy atom. The van der Waals surface area contributed by atoms with Crippen molar-refractivity contribution in [3.63, 3.8) is 0 Å². The summed E-state index contributed by atoms with van der Waals surface area (Å²) in [5, 5.41) is 10.0. The topological polar surface area (TPSA) is 9.86 Å². The third kappa shape index (κ3) is 5.66. The van der Waals surface area contributed by atoms with Gasteiger partial charge in [0.05, 0.1) is 22.1 Å². The molecule has 0 unspecified atom stereocenters. The summed E-state index contributed by atoms with van der Waals surface area (Å²) >= 11 is 0. The number of hydrogen-bond acceptors (Lipinski definition) is 0. The molecule has 64 heavy (non-hydrogen) atoms. The van der Waals surface area contributed by atoms with Crippen LogP contribution in [-0.4, -0.2) is 9.13 Å². The number of aromatic nitrogens is 2. The first-order valence-electron chi connectivity index (χ1n) is 22.1. The lowest BCUT2D eigenvalue weighted by Crippen LogP contribution is -1.95. The first kappa shape index (κ1) is 36.2. The highest BCUT2D eigenvalue weighted by Gasteiger charge is 2.19. The van der Waals surface area contributed by atoms with Gasteiger partial charge in [0.2, 0.25) is 0 Å². The van der Waals surface area contributed by atoms with E-state index in [0.29, 0.717) is 0 Å². The third-order valence-corrected chi connectivity index (χ3v) is 13.3. The molecule has 2 nitrogen and oxygen atoms in total. The quantitative estimate of drug-likeness (QED) is 0.148. The summed E-state index contributed by atoms with van der Waals surface area (Å²) in [6, 6.07) is 88.9. The fraction of sp³-hybridized carbons (Fsp3) is 0. The van der Waals surface area contributed by atoms with Gasteiger partial charge in [0.15, 0.2) is 0 Å². The number of nitrogens with zero attached hydrogens (tertiary/aromatic N) is 2. The second-order valence-corrected chi connectivity index (χ2v) is 16.8.